The summed E-state index contributed by atoms with van der Waals surface area (Å²) < 4.78 is 1.66. The minimum atomic E-state index is -0.109. The molecule has 0 spiro atoms. The van der Waals surface area contributed by atoms with Crippen molar-refractivity contribution in [2.24, 2.45) is 0 Å². The van der Waals surface area contributed by atoms with E-state index in [0.717, 1.165) is 5.56 Å². The molecule has 1 N–H and O–H groups in total. The standard InChI is InChI=1S/C15H16N2O2/c1-12(18)14-8-5-9-17(14)11-15(19)16-10-13-6-3-2-4-7-13/h2-9H,10-11H2,1H3,(H,16,19). The van der Waals surface area contributed by atoms with Gasteiger partial charge >= 0.3 is 0 Å². The molecule has 1 aromatic carbocycles. The predicted molar refractivity (Wildman–Crippen MR) is 72.7 cm³/mol. The summed E-state index contributed by atoms with van der Waals surface area (Å²) >= 11 is 0. The highest BCUT2D eigenvalue weighted by atomic mass is 16.2. The normalized spacial score (nSPS) is 10.2. The van der Waals surface area contributed by atoms with E-state index in [0.29, 0.717) is 12.2 Å². The smallest absolute Gasteiger partial charge is 0.240 e. The van der Waals surface area contributed by atoms with Crippen LogP contribution in [-0.4, -0.2) is 16.3 Å². The van der Waals surface area contributed by atoms with E-state index < -0.39 is 0 Å². The van der Waals surface area contributed by atoms with E-state index in [4.69, 9.17) is 0 Å². The molecule has 0 aliphatic rings. The van der Waals surface area contributed by atoms with Crippen molar-refractivity contribution in [1.82, 2.24) is 9.88 Å². The summed E-state index contributed by atoms with van der Waals surface area (Å²) in [5, 5.41) is 2.83. The van der Waals surface area contributed by atoms with Crippen molar-refractivity contribution in [2.45, 2.75) is 20.0 Å². The van der Waals surface area contributed by atoms with Gasteiger partial charge in [0.25, 0.3) is 0 Å². The quantitative estimate of drug-likeness (QED) is 0.832. The molecule has 4 heteroatoms. The molecule has 0 saturated heterocycles. The Kier molecular flexibility index (Phi) is 4.13. The number of nitrogens with zero attached hydrogens (tertiary/aromatic N) is 1. The second-order valence-electron chi connectivity index (χ2n) is 4.34. The Balaban J connectivity index is 1.91. The first-order chi connectivity index (χ1) is 9.16. The van der Waals surface area contributed by atoms with E-state index in [1.165, 1.54) is 6.92 Å². The van der Waals surface area contributed by atoms with Gasteiger partial charge in [-0.05, 0) is 17.7 Å². The van der Waals surface area contributed by atoms with Crippen molar-refractivity contribution >= 4 is 11.7 Å². The van der Waals surface area contributed by atoms with Crippen LogP contribution in [-0.2, 0) is 17.9 Å². The van der Waals surface area contributed by atoms with Crippen molar-refractivity contribution in [1.29, 1.82) is 0 Å². The van der Waals surface area contributed by atoms with Crippen LogP contribution in [0.25, 0.3) is 0 Å². The summed E-state index contributed by atoms with van der Waals surface area (Å²) in [5.41, 5.74) is 1.60. The van der Waals surface area contributed by atoms with Gasteiger partial charge in [-0.3, -0.25) is 9.59 Å². The Morgan fingerprint density at radius 1 is 1.11 bits per heavy atom. The Hall–Kier alpha value is -2.36. The third-order valence-electron chi connectivity index (χ3n) is 2.84. The van der Waals surface area contributed by atoms with Crippen molar-refractivity contribution in [3.05, 3.63) is 59.9 Å². The number of carbonyl (C=O) groups is 2. The molecular formula is C15H16N2O2. The van der Waals surface area contributed by atoms with Crippen molar-refractivity contribution < 1.29 is 9.59 Å². The largest absolute Gasteiger partial charge is 0.350 e. The van der Waals surface area contributed by atoms with E-state index in [-0.39, 0.29) is 18.2 Å². The molecule has 0 aliphatic heterocycles. The van der Waals surface area contributed by atoms with Gasteiger partial charge < -0.3 is 9.88 Å². The summed E-state index contributed by atoms with van der Waals surface area (Å²) in [4.78, 5) is 23.2. The van der Waals surface area contributed by atoms with Gasteiger partial charge in [0, 0.05) is 19.7 Å². The van der Waals surface area contributed by atoms with Gasteiger partial charge in [-0.1, -0.05) is 30.3 Å². The first-order valence-corrected chi connectivity index (χ1v) is 6.13. The first kappa shape index (κ1) is 13.1. The molecule has 2 rings (SSSR count). The van der Waals surface area contributed by atoms with E-state index in [1.807, 2.05) is 30.3 Å². The van der Waals surface area contributed by atoms with Crippen LogP contribution < -0.4 is 5.32 Å². The summed E-state index contributed by atoms with van der Waals surface area (Å²) in [6.45, 7) is 2.15. The monoisotopic (exact) mass is 256 g/mol. The van der Waals surface area contributed by atoms with Gasteiger partial charge in [-0.2, -0.15) is 0 Å². The number of benzene rings is 1. The molecule has 4 nitrogen and oxygen atoms in total. The van der Waals surface area contributed by atoms with E-state index >= 15 is 0 Å². The van der Waals surface area contributed by atoms with Crippen LogP contribution in [0.2, 0.25) is 0 Å². The second-order valence-corrected chi connectivity index (χ2v) is 4.34. The molecule has 0 radical (unpaired) electrons. The summed E-state index contributed by atoms with van der Waals surface area (Å²) in [5.74, 6) is -0.150. The summed E-state index contributed by atoms with van der Waals surface area (Å²) in [7, 11) is 0. The van der Waals surface area contributed by atoms with Gasteiger partial charge in [0.05, 0.1) is 5.69 Å². The highest BCUT2D eigenvalue weighted by molar-refractivity contribution is 5.93. The maximum absolute atomic E-state index is 11.8. The number of rotatable bonds is 5. The molecule has 0 fully saturated rings. The topological polar surface area (TPSA) is 51.1 Å². The summed E-state index contributed by atoms with van der Waals surface area (Å²) in [6.07, 6.45) is 1.73. The molecule has 2 aromatic rings. The van der Waals surface area contributed by atoms with Crippen LogP contribution in [0.15, 0.2) is 48.7 Å². The zero-order valence-electron chi connectivity index (χ0n) is 10.8. The van der Waals surface area contributed by atoms with Gasteiger partial charge in [-0.15, -0.1) is 0 Å². The highest BCUT2D eigenvalue weighted by Gasteiger charge is 2.09. The average Bonchev–Trinajstić information content (AvgIpc) is 2.86. The lowest BCUT2D eigenvalue weighted by Crippen LogP contribution is -2.27. The van der Waals surface area contributed by atoms with Gasteiger partial charge in [0.2, 0.25) is 5.91 Å². The fourth-order valence-corrected chi connectivity index (χ4v) is 1.88. The lowest BCUT2D eigenvalue weighted by Gasteiger charge is -2.08. The number of aromatic nitrogens is 1. The zero-order chi connectivity index (χ0) is 13.7. The number of hydrogen-bond donors (Lipinski definition) is 1. The predicted octanol–water partition coefficient (Wildman–Crippen LogP) is 2.01. The number of carbonyl (C=O) groups excluding carboxylic acids is 2. The van der Waals surface area contributed by atoms with Crippen LogP contribution in [0.5, 0.6) is 0 Å². The van der Waals surface area contributed by atoms with Crippen LogP contribution in [0, 0.1) is 0 Å². The fraction of sp³-hybridized carbons (Fsp3) is 0.200. The second kappa shape index (κ2) is 6.00. The molecule has 1 amide bonds. The molecule has 0 unspecified atom stereocenters. The third-order valence-corrected chi connectivity index (χ3v) is 2.84. The van der Waals surface area contributed by atoms with Crippen molar-refractivity contribution in [2.75, 3.05) is 0 Å². The van der Waals surface area contributed by atoms with Crippen LogP contribution >= 0.6 is 0 Å². The zero-order valence-corrected chi connectivity index (χ0v) is 10.8. The first-order valence-electron chi connectivity index (χ1n) is 6.13. The molecule has 0 aliphatic carbocycles. The highest BCUT2D eigenvalue weighted by Crippen LogP contribution is 2.03. The summed E-state index contributed by atoms with van der Waals surface area (Å²) in [6, 6.07) is 13.2. The Bertz CT molecular complexity index is 573. The Labute approximate surface area is 112 Å². The SMILES string of the molecule is CC(=O)c1cccn1CC(=O)NCc1ccccc1. The molecule has 1 heterocycles. The minimum absolute atomic E-state index is 0.0409. The van der Waals surface area contributed by atoms with Gasteiger partial charge in [-0.25, -0.2) is 0 Å². The molecule has 1 aromatic heterocycles. The molecule has 0 bridgehead atoms. The fourth-order valence-electron chi connectivity index (χ4n) is 1.88. The minimum Gasteiger partial charge on any atom is -0.350 e. The van der Waals surface area contributed by atoms with Crippen molar-refractivity contribution in [3.8, 4) is 0 Å². The van der Waals surface area contributed by atoms with E-state index in [1.54, 1.807) is 22.9 Å². The van der Waals surface area contributed by atoms with Crippen LogP contribution in [0.4, 0.5) is 0 Å². The average molecular weight is 256 g/mol. The molecule has 0 atom stereocenters. The van der Waals surface area contributed by atoms with E-state index in [2.05, 4.69) is 5.32 Å². The van der Waals surface area contributed by atoms with Crippen LogP contribution in [0.1, 0.15) is 23.0 Å². The molecular weight excluding hydrogens is 240 g/mol. The number of nitrogens with one attached hydrogen (secondary N) is 1. The molecule has 19 heavy (non-hydrogen) atoms. The lowest BCUT2D eigenvalue weighted by molar-refractivity contribution is -0.121. The van der Waals surface area contributed by atoms with Gasteiger partial charge in [0.1, 0.15) is 6.54 Å². The number of ketones is 1. The number of amides is 1. The number of Topliss-reactive ketones (excluding diaryl/α,β-unsaturated/α-hetero) is 1. The third kappa shape index (κ3) is 3.55. The molecule has 0 saturated carbocycles. The Morgan fingerprint density at radius 2 is 1.84 bits per heavy atom. The number of hydrogen-bond acceptors (Lipinski definition) is 2. The molecule has 98 valence electrons. The maximum Gasteiger partial charge on any atom is 0.240 e. The van der Waals surface area contributed by atoms with E-state index in [9.17, 15) is 9.59 Å². The maximum atomic E-state index is 11.8. The lowest BCUT2D eigenvalue weighted by atomic mass is 10.2. The van der Waals surface area contributed by atoms with Crippen molar-refractivity contribution in [3.63, 3.8) is 0 Å². The Morgan fingerprint density at radius 3 is 2.53 bits per heavy atom. The van der Waals surface area contributed by atoms with Gasteiger partial charge in [0.15, 0.2) is 5.78 Å². The van der Waals surface area contributed by atoms with Crippen LogP contribution in [0.3, 0.4) is 0 Å².